The number of rotatable bonds is 6. The molecular formula is C17H25NO2. The number of hydrogen-bond acceptors (Lipinski definition) is 3. The lowest BCUT2D eigenvalue weighted by atomic mass is 10.1. The van der Waals surface area contributed by atoms with Crippen LogP contribution in [0.25, 0.3) is 0 Å². The molecule has 0 amide bonds. The molecule has 0 aliphatic heterocycles. The fraction of sp³-hybridized carbons (Fsp3) is 0.529. The molecule has 110 valence electrons. The molecule has 20 heavy (non-hydrogen) atoms. The average Bonchev–Trinajstić information content (AvgIpc) is 2.38. The summed E-state index contributed by atoms with van der Waals surface area (Å²) in [6.45, 7) is 11.9. The Labute approximate surface area is 122 Å². The van der Waals surface area contributed by atoms with Crippen molar-refractivity contribution >= 4 is 0 Å². The molecule has 0 atom stereocenters. The van der Waals surface area contributed by atoms with Gasteiger partial charge in [0.2, 0.25) is 0 Å². The van der Waals surface area contributed by atoms with E-state index in [1.54, 1.807) is 6.92 Å². The molecule has 3 heteroatoms. The van der Waals surface area contributed by atoms with Gasteiger partial charge in [0.1, 0.15) is 6.61 Å². The maximum Gasteiger partial charge on any atom is 0.167 e. The van der Waals surface area contributed by atoms with Crippen molar-refractivity contribution in [2.45, 2.75) is 46.7 Å². The first-order chi connectivity index (χ1) is 9.48. The molecule has 0 aliphatic carbocycles. The third-order valence-corrected chi connectivity index (χ3v) is 2.63. The summed E-state index contributed by atoms with van der Waals surface area (Å²) < 4.78 is 11.4. The molecule has 1 rings (SSSR count). The minimum atomic E-state index is 0.0577. The lowest BCUT2D eigenvalue weighted by Gasteiger charge is -2.22. The van der Waals surface area contributed by atoms with Gasteiger partial charge in [0, 0.05) is 17.6 Å². The predicted molar refractivity (Wildman–Crippen MR) is 83.1 cm³/mol. The Bertz CT molecular complexity index is 478. The Morgan fingerprint density at radius 2 is 1.95 bits per heavy atom. The van der Waals surface area contributed by atoms with Gasteiger partial charge in [-0.15, -0.1) is 5.92 Å². The van der Waals surface area contributed by atoms with Crippen molar-refractivity contribution in [1.29, 1.82) is 0 Å². The van der Waals surface area contributed by atoms with Crippen molar-refractivity contribution in [3.05, 3.63) is 23.8 Å². The molecule has 3 nitrogen and oxygen atoms in total. The van der Waals surface area contributed by atoms with E-state index < -0.39 is 0 Å². The summed E-state index contributed by atoms with van der Waals surface area (Å²) in [7, 11) is 0. The standard InChI is InChI=1S/C17H25NO2/c1-6-8-12-20-16-14(13-18-17(3,4)5)10-9-11-15(16)19-7-2/h9-11,18H,7,12-13H2,1-5H3. The highest BCUT2D eigenvalue weighted by molar-refractivity contribution is 5.47. The second-order valence-electron chi connectivity index (χ2n) is 5.50. The van der Waals surface area contributed by atoms with E-state index in [0.29, 0.717) is 13.2 Å². The first-order valence-corrected chi connectivity index (χ1v) is 7.00. The number of benzene rings is 1. The Kier molecular flexibility index (Phi) is 6.41. The molecule has 0 saturated carbocycles. The molecule has 0 bridgehead atoms. The van der Waals surface area contributed by atoms with Gasteiger partial charge in [-0.05, 0) is 40.7 Å². The van der Waals surface area contributed by atoms with Crippen LogP contribution in [0.15, 0.2) is 18.2 Å². The van der Waals surface area contributed by atoms with Gasteiger partial charge in [0.15, 0.2) is 11.5 Å². The van der Waals surface area contributed by atoms with Crippen LogP contribution in [0, 0.1) is 11.8 Å². The van der Waals surface area contributed by atoms with Gasteiger partial charge in [0.25, 0.3) is 0 Å². The van der Waals surface area contributed by atoms with Crippen LogP contribution in [0.5, 0.6) is 11.5 Å². The van der Waals surface area contributed by atoms with Crippen molar-refractivity contribution in [2.24, 2.45) is 0 Å². The first-order valence-electron chi connectivity index (χ1n) is 7.00. The van der Waals surface area contributed by atoms with Crippen LogP contribution >= 0.6 is 0 Å². The van der Waals surface area contributed by atoms with Crippen molar-refractivity contribution in [3.8, 4) is 23.3 Å². The van der Waals surface area contributed by atoms with Gasteiger partial charge in [-0.25, -0.2) is 0 Å². The molecular weight excluding hydrogens is 250 g/mol. The predicted octanol–water partition coefficient (Wildman–Crippen LogP) is 3.38. The van der Waals surface area contributed by atoms with Crippen molar-refractivity contribution < 1.29 is 9.47 Å². The van der Waals surface area contributed by atoms with E-state index in [1.165, 1.54) is 0 Å². The second kappa shape index (κ2) is 7.81. The van der Waals surface area contributed by atoms with Gasteiger partial charge in [-0.2, -0.15) is 0 Å². The summed E-state index contributed by atoms with van der Waals surface area (Å²) >= 11 is 0. The van der Waals surface area contributed by atoms with E-state index in [-0.39, 0.29) is 5.54 Å². The van der Waals surface area contributed by atoms with Gasteiger partial charge in [-0.3, -0.25) is 0 Å². The van der Waals surface area contributed by atoms with Gasteiger partial charge >= 0.3 is 0 Å². The summed E-state index contributed by atoms with van der Waals surface area (Å²) in [5, 5.41) is 3.47. The summed E-state index contributed by atoms with van der Waals surface area (Å²) in [4.78, 5) is 0. The summed E-state index contributed by atoms with van der Waals surface area (Å²) in [5.41, 5.74) is 1.14. The van der Waals surface area contributed by atoms with Crippen LogP contribution in [0.3, 0.4) is 0 Å². The molecule has 0 radical (unpaired) electrons. The number of ether oxygens (including phenoxy) is 2. The van der Waals surface area contributed by atoms with Crippen LogP contribution in [-0.2, 0) is 6.54 Å². The largest absolute Gasteiger partial charge is 0.490 e. The molecule has 0 unspecified atom stereocenters. The fourth-order valence-electron chi connectivity index (χ4n) is 1.67. The molecule has 0 aromatic heterocycles. The molecule has 1 aromatic carbocycles. The Morgan fingerprint density at radius 1 is 1.20 bits per heavy atom. The summed E-state index contributed by atoms with van der Waals surface area (Å²) in [6.07, 6.45) is 0. The van der Waals surface area contributed by atoms with Crippen LogP contribution in [0.4, 0.5) is 0 Å². The third kappa shape index (κ3) is 5.54. The van der Waals surface area contributed by atoms with Crippen molar-refractivity contribution in [3.63, 3.8) is 0 Å². The molecule has 1 N–H and O–H groups in total. The Morgan fingerprint density at radius 3 is 2.55 bits per heavy atom. The summed E-state index contributed by atoms with van der Waals surface area (Å²) in [6, 6.07) is 5.97. The minimum Gasteiger partial charge on any atom is -0.490 e. The van der Waals surface area contributed by atoms with E-state index in [0.717, 1.165) is 23.6 Å². The molecule has 0 fully saturated rings. The van der Waals surface area contributed by atoms with Crippen molar-refractivity contribution in [2.75, 3.05) is 13.2 Å². The van der Waals surface area contributed by atoms with Gasteiger partial charge < -0.3 is 14.8 Å². The normalized spacial score (nSPS) is 10.7. The van der Waals surface area contributed by atoms with Crippen molar-refractivity contribution in [1.82, 2.24) is 5.32 Å². The van der Waals surface area contributed by atoms with Gasteiger partial charge in [-0.1, -0.05) is 18.1 Å². The fourth-order valence-corrected chi connectivity index (χ4v) is 1.67. The summed E-state index contributed by atoms with van der Waals surface area (Å²) in [5.74, 6) is 7.31. The SMILES string of the molecule is CC#CCOc1c(CNC(C)(C)C)cccc1OCC. The van der Waals surface area contributed by atoms with E-state index in [4.69, 9.17) is 9.47 Å². The highest BCUT2D eigenvalue weighted by Crippen LogP contribution is 2.31. The molecule has 0 spiro atoms. The minimum absolute atomic E-state index is 0.0577. The van der Waals surface area contributed by atoms with Crippen LogP contribution in [-0.4, -0.2) is 18.8 Å². The second-order valence-corrected chi connectivity index (χ2v) is 5.50. The topological polar surface area (TPSA) is 30.5 Å². The van der Waals surface area contributed by atoms with Crippen LogP contribution in [0.1, 0.15) is 40.2 Å². The van der Waals surface area contributed by atoms with E-state index >= 15 is 0 Å². The Hall–Kier alpha value is -1.66. The first kappa shape index (κ1) is 16.4. The maximum absolute atomic E-state index is 5.79. The average molecular weight is 275 g/mol. The zero-order chi connectivity index (χ0) is 15.0. The Balaban J connectivity index is 2.94. The number of hydrogen-bond donors (Lipinski definition) is 1. The lowest BCUT2D eigenvalue weighted by Crippen LogP contribution is -2.35. The molecule has 0 aliphatic rings. The number of nitrogens with one attached hydrogen (secondary N) is 1. The zero-order valence-corrected chi connectivity index (χ0v) is 13.2. The highest BCUT2D eigenvalue weighted by Gasteiger charge is 2.14. The maximum atomic E-state index is 5.79. The van der Waals surface area contributed by atoms with Crippen LogP contribution in [0.2, 0.25) is 0 Å². The van der Waals surface area contributed by atoms with E-state index in [9.17, 15) is 0 Å². The highest BCUT2D eigenvalue weighted by atomic mass is 16.5. The lowest BCUT2D eigenvalue weighted by molar-refractivity contribution is 0.295. The smallest absolute Gasteiger partial charge is 0.167 e. The monoisotopic (exact) mass is 275 g/mol. The van der Waals surface area contributed by atoms with E-state index in [1.807, 2.05) is 19.1 Å². The molecule has 0 saturated heterocycles. The zero-order valence-electron chi connectivity index (χ0n) is 13.2. The van der Waals surface area contributed by atoms with Crippen LogP contribution < -0.4 is 14.8 Å². The molecule has 1 aromatic rings. The molecule has 0 heterocycles. The number of para-hydroxylation sites is 1. The third-order valence-electron chi connectivity index (χ3n) is 2.63. The van der Waals surface area contributed by atoms with Gasteiger partial charge in [0.05, 0.1) is 6.61 Å². The van der Waals surface area contributed by atoms with E-state index in [2.05, 4.69) is 44.0 Å². The quantitative estimate of drug-likeness (QED) is 0.807.